The Morgan fingerprint density at radius 1 is 1.33 bits per heavy atom. The molecule has 4 rings (SSSR count). The number of piperidine rings is 3. The van der Waals surface area contributed by atoms with E-state index >= 15 is 0 Å². The Morgan fingerprint density at radius 3 is 2.62 bits per heavy atom. The van der Waals surface area contributed by atoms with Crippen LogP contribution in [0.15, 0.2) is 30.3 Å². The molecule has 2 unspecified atom stereocenters. The summed E-state index contributed by atoms with van der Waals surface area (Å²) in [5.41, 5.74) is 0.977. The fourth-order valence-corrected chi connectivity index (χ4v) is 3.45. The first-order chi connectivity index (χ1) is 10.3. The fourth-order valence-electron chi connectivity index (χ4n) is 3.45. The van der Waals surface area contributed by atoms with Crippen molar-refractivity contribution < 1.29 is 9.53 Å². The Hall–Kier alpha value is -1.39. The van der Waals surface area contributed by atoms with Crippen molar-refractivity contribution >= 4 is 5.97 Å². The summed E-state index contributed by atoms with van der Waals surface area (Å²) in [7, 11) is 0. The van der Waals surface area contributed by atoms with Crippen molar-refractivity contribution in [2.75, 3.05) is 26.2 Å². The third-order valence-corrected chi connectivity index (χ3v) is 4.64. The van der Waals surface area contributed by atoms with E-state index in [1.54, 1.807) is 0 Å². The van der Waals surface area contributed by atoms with Gasteiger partial charge < -0.3 is 10.1 Å². The van der Waals surface area contributed by atoms with Gasteiger partial charge in [0.05, 0.1) is 0 Å². The van der Waals surface area contributed by atoms with Gasteiger partial charge in [-0.1, -0.05) is 37.3 Å². The average Bonchev–Trinajstić information content (AvgIpc) is 2.54. The molecule has 2 atom stereocenters. The number of nitrogens with one attached hydrogen (secondary N) is 1. The van der Waals surface area contributed by atoms with Crippen molar-refractivity contribution in [3.8, 4) is 0 Å². The molecule has 21 heavy (non-hydrogen) atoms. The van der Waals surface area contributed by atoms with Gasteiger partial charge >= 0.3 is 5.97 Å². The molecular weight excluding hydrogens is 264 g/mol. The van der Waals surface area contributed by atoms with Crippen molar-refractivity contribution in [2.24, 2.45) is 5.92 Å². The predicted octanol–water partition coefficient (Wildman–Crippen LogP) is 1.97. The third kappa shape index (κ3) is 3.27. The van der Waals surface area contributed by atoms with Crippen molar-refractivity contribution in [3.63, 3.8) is 0 Å². The number of carbonyl (C=O) groups is 1. The van der Waals surface area contributed by atoms with Crippen LogP contribution in [0.1, 0.15) is 31.4 Å². The second-order valence-electron chi connectivity index (χ2n) is 6.01. The molecule has 4 nitrogen and oxygen atoms in total. The first-order valence-electron chi connectivity index (χ1n) is 7.99. The Bertz CT molecular complexity index is 469. The number of likely N-dealkylation sites (N-methyl/N-ethyl adjacent to an activating group) is 1. The minimum absolute atomic E-state index is 0.0740. The summed E-state index contributed by atoms with van der Waals surface area (Å²) in [4.78, 5) is 15.0. The van der Waals surface area contributed by atoms with Crippen molar-refractivity contribution in [3.05, 3.63) is 35.9 Å². The summed E-state index contributed by atoms with van der Waals surface area (Å²) in [5, 5.41) is 3.24. The zero-order valence-electron chi connectivity index (χ0n) is 12.6. The minimum Gasteiger partial charge on any atom is -0.459 e. The largest absolute Gasteiger partial charge is 0.459 e. The minimum atomic E-state index is -0.355. The summed E-state index contributed by atoms with van der Waals surface area (Å²) in [6.45, 7) is 5.98. The molecule has 0 aliphatic carbocycles. The number of carbonyl (C=O) groups excluding carboxylic acids is 1. The number of fused-ring (bicyclic) bond motifs is 3. The third-order valence-electron chi connectivity index (χ3n) is 4.64. The highest BCUT2D eigenvalue weighted by Crippen LogP contribution is 2.30. The molecule has 0 spiro atoms. The molecule has 2 bridgehead atoms. The monoisotopic (exact) mass is 288 g/mol. The normalized spacial score (nSPS) is 29.1. The maximum atomic E-state index is 12.6. The van der Waals surface area contributed by atoms with Crippen LogP contribution in [0, 0.1) is 5.92 Å². The molecule has 0 radical (unpaired) electrons. The van der Waals surface area contributed by atoms with Gasteiger partial charge in [0.1, 0.15) is 12.1 Å². The van der Waals surface area contributed by atoms with Gasteiger partial charge in [0.2, 0.25) is 0 Å². The number of ether oxygens (including phenoxy) is 1. The van der Waals surface area contributed by atoms with Crippen LogP contribution in [0.4, 0.5) is 0 Å². The number of benzene rings is 1. The Morgan fingerprint density at radius 2 is 2.05 bits per heavy atom. The van der Waals surface area contributed by atoms with E-state index in [0.29, 0.717) is 5.92 Å². The van der Waals surface area contributed by atoms with Gasteiger partial charge in [-0.3, -0.25) is 4.90 Å². The van der Waals surface area contributed by atoms with Crippen LogP contribution >= 0.6 is 0 Å². The SMILES string of the molecule is CCNC(C(=O)OC1CN2CCC1CC2)c1ccccc1. The lowest BCUT2D eigenvalue weighted by Gasteiger charge is -2.44. The molecule has 0 saturated carbocycles. The second kappa shape index (κ2) is 6.58. The van der Waals surface area contributed by atoms with Gasteiger partial charge in [0.15, 0.2) is 0 Å². The quantitative estimate of drug-likeness (QED) is 0.841. The van der Waals surface area contributed by atoms with E-state index in [1.165, 1.54) is 0 Å². The molecule has 0 aromatic heterocycles. The lowest BCUT2D eigenvalue weighted by molar-refractivity contribution is -0.161. The summed E-state index contributed by atoms with van der Waals surface area (Å²) in [6, 6.07) is 9.48. The fraction of sp³-hybridized carbons (Fsp3) is 0.588. The van der Waals surface area contributed by atoms with Crippen LogP contribution in [0.5, 0.6) is 0 Å². The molecule has 114 valence electrons. The molecule has 3 fully saturated rings. The molecule has 3 heterocycles. The van der Waals surface area contributed by atoms with Crippen molar-refractivity contribution in [2.45, 2.75) is 31.9 Å². The molecule has 1 aromatic carbocycles. The van der Waals surface area contributed by atoms with E-state index in [0.717, 1.165) is 44.6 Å². The van der Waals surface area contributed by atoms with E-state index in [1.807, 2.05) is 37.3 Å². The average molecular weight is 288 g/mol. The number of nitrogens with zero attached hydrogens (tertiary/aromatic N) is 1. The second-order valence-corrected chi connectivity index (χ2v) is 6.01. The van der Waals surface area contributed by atoms with Gasteiger partial charge in [0.25, 0.3) is 0 Å². The van der Waals surface area contributed by atoms with Crippen LogP contribution in [-0.2, 0) is 9.53 Å². The molecule has 4 heteroatoms. The highest BCUT2D eigenvalue weighted by atomic mass is 16.5. The summed E-state index contributed by atoms with van der Waals surface area (Å²) < 4.78 is 5.85. The maximum Gasteiger partial charge on any atom is 0.328 e. The topological polar surface area (TPSA) is 41.6 Å². The van der Waals surface area contributed by atoms with Gasteiger partial charge in [-0.05, 0) is 44.0 Å². The highest BCUT2D eigenvalue weighted by Gasteiger charge is 2.37. The number of hydrogen-bond acceptors (Lipinski definition) is 4. The molecule has 3 aliphatic rings. The Balaban J connectivity index is 1.67. The smallest absolute Gasteiger partial charge is 0.328 e. The van der Waals surface area contributed by atoms with Gasteiger partial charge in [0, 0.05) is 6.54 Å². The Labute approximate surface area is 126 Å². The lowest BCUT2D eigenvalue weighted by Crippen LogP contribution is -2.52. The van der Waals surface area contributed by atoms with Crippen LogP contribution < -0.4 is 5.32 Å². The lowest BCUT2D eigenvalue weighted by atomic mass is 9.86. The standard InChI is InChI=1S/C17H24N2O2/c1-2-18-16(14-6-4-3-5-7-14)17(20)21-15-12-19-10-8-13(15)9-11-19/h3-7,13,15-16,18H,2,8-12H2,1H3. The zero-order chi connectivity index (χ0) is 14.7. The van der Waals surface area contributed by atoms with Crippen LogP contribution in [0.3, 0.4) is 0 Å². The van der Waals surface area contributed by atoms with E-state index < -0.39 is 0 Å². The number of hydrogen-bond donors (Lipinski definition) is 1. The van der Waals surface area contributed by atoms with E-state index in [9.17, 15) is 4.79 Å². The van der Waals surface area contributed by atoms with Gasteiger partial charge in [-0.15, -0.1) is 0 Å². The number of rotatable bonds is 5. The zero-order valence-corrected chi connectivity index (χ0v) is 12.6. The van der Waals surface area contributed by atoms with Crippen LogP contribution in [0.25, 0.3) is 0 Å². The van der Waals surface area contributed by atoms with Gasteiger partial charge in [-0.2, -0.15) is 0 Å². The first-order valence-corrected chi connectivity index (χ1v) is 7.99. The maximum absolute atomic E-state index is 12.6. The van der Waals surface area contributed by atoms with Crippen molar-refractivity contribution in [1.82, 2.24) is 10.2 Å². The molecule has 1 N–H and O–H groups in total. The van der Waals surface area contributed by atoms with E-state index in [-0.39, 0.29) is 18.1 Å². The highest BCUT2D eigenvalue weighted by molar-refractivity contribution is 5.77. The predicted molar refractivity (Wildman–Crippen MR) is 81.9 cm³/mol. The molecule has 3 saturated heterocycles. The Kier molecular flexibility index (Phi) is 4.56. The summed E-state index contributed by atoms with van der Waals surface area (Å²) in [6.07, 6.45) is 2.40. The van der Waals surface area contributed by atoms with E-state index in [2.05, 4.69) is 10.2 Å². The number of esters is 1. The molecule has 1 aromatic rings. The molecule has 0 amide bonds. The van der Waals surface area contributed by atoms with Crippen LogP contribution in [0.2, 0.25) is 0 Å². The van der Waals surface area contributed by atoms with Gasteiger partial charge in [-0.25, -0.2) is 4.79 Å². The molecular formula is C17H24N2O2. The van der Waals surface area contributed by atoms with E-state index in [4.69, 9.17) is 4.74 Å². The first kappa shape index (κ1) is 14.5. The molecule has 3 aliphatic heterocycles. The van der Waals surface area contributed by atoms with Crippen molar-refractivity contribution in [1.29, 1.82) is 0 Å². The summed E-state index contributed by atoms with van der Waals surface area (Å²) >= 11 is 0. The summed E-state index contributed by atoms with van der Waals surface area (Å²) in [5.74, 6) is 0.416. The van der Waals surface area contributed by atoms with Crippen LogP contribution in [-0.4, -0.2) is 43.2 Å².